The Labute approximate surface area is 84.9 Å². The van der Waals surface area contributed by atoms with Crippen molar-refractivity contribution in [3.63, 3.8) is 0 Å². The van der Waals surface area contributed by atoms with Gasteiger partial charge < -0.3 is 4.57 Å². The van der Waals surface area contributed by atoms with Gasteiger partial charge in [0.25, 0.3) is 0 Å². The molecule has 2 heteroatoms. The predicted octanol–water partition coefficient (Wildman–Crippen LogP) is 3.85. The van der Waals surface area contributed by atoms with Crippen LogP contribution in [0.15, 0.2) is 12.3 Å². The molecule has 0 bridgehead atoms. The summed E-state index contributed by atoms with van der Waals surface area (Å²) in [5.41, 5.74) is 0. The number of nitrogens with zero attached hydrogens (tertiary/aromatic N) is 1. The van der Waals surface area contributed by atoms with Crippen LogP contribution in [0.3, 0.4) is 0 Å². The van der Waals surface area contributed by atoms with Crippen LogP contribution in [0.1, 0.15) is 34.1 Å². The molecule has 0 aromatic rings. The molecule has 0 rings (SSSR count). The van der Waals surface area contributed by atoms with Crippen molar-refractivity contribution in [1.82, 2.24) is 4.57 Å². The monoisotopic (exact) mass is 199 g/mol. The number of rotatable bonds is 3. The lowest BCUT2D eigenvalue weighted by Gasteiger charge is -2.43. The Morgan fingerprint density at radius 1 is 1.23 bits per heavy atom. The zero-order valence-electron chi connectivity index (χ0n) is 10.3. The van der Waals surface area contributed by atoms with E-state index in [1.807, 2.05) is 0 Å². The highest BCUT2D eigenvalue weighted by Crippen LogP contribution is 2.37. The smallest absolute Gasteiger partial charge is 0.154 e. The molecule has 0 aliphatic rings. The molecule has 0 amide bonds. The van der Waals surface area contributed by atoms with Gasteiger partial charge in [-0.1, -0.05) is 46.9 Å². The summed E-state index contributed by atoms with van der Waals surface area (Å²) in [5.74, 6) is 0. The molecular weight excluding hydrogens is 174 g/mol. The molecule has 1 nitrogen and oxygen atoms in total. The first-order valence-corrected chi connectivity index (χ1v) is 8.07. The van der Waals surface area contributed by atoms with Crippen molar-refractivity contribution in [3.8, 4) is 0 Å². The highest BCUT2D eigenvalue weighted by atomic mass is 28.3. The van der Waals surface area contributed by atoms with E-state index in [0.29, 0.717) is 5.04 Å². The summed E-state index contributed by atoms with van der Waals surface area (Å²) in [6.45, 7) is 14.1. The number of hydrogen-bond donors (Lipinski definition) is 0. The van der Waals surface area contributed by atoms with Crippen molar-refractivity contribution < 1.29 is 0 Å². The molecule has 13 heavy (non-hydrogen) atoms. The van der Waals surface area contributed by atoms with Gasteiger partial charge in [-0.15, -0.1) is 0 Å². The first kappa shape index (κ1) is 12.8. The first-order chi connectivity index (χ1) is 5.73. The van der Waals surface area contributed by atoms with E-state index in [0.717, 1.165) is 6.42 Å². The molecule has 0 aliphatic heterocycles. The van der Waals surface area contributed by atoms with Gasteiger partial charge in [-0.25, -0.2) is 0 Å². The van der Waals surface area contributed by atoms with Crippen molar-refractivity contribution >= 4 is 8.24 Å². The Morgan fingerprint density at radius 2 is 1.69 bits per heavy atom. The van der Waals surface area contributed by atoms with Crippen LogP contribution in [0.2, 0.25) is 18.1 Å². The lowest BCUT2D eigenvalue weighted by molar-refractivity contribution is 0.587. The minimum absolute atomic E-state index is 0.430. The second kappa shape index (κ2) is 4.31. The second-order valence-electron chi connectivity index (χ2n) is 5.21. The summed E-state index contributed by atoms with van der Waals surface area (Å²) in [7, 11) is 0.913. The summed E-state index contributed by atoms with van der Waals surface area (Å²) in [6.07, 6.45) is 5.61. The molecule has 0 unspecified atom stereocenters. The Balaban J connectivity index is 4.54. The molecule has 0 saturated carbocycles. The zero-order valence-corrected chi connectivity index (χ0v) is 11.3. The summed E-state index contributed by atoms with van der Waals surface area (Å²) in [4.78, 5) is 0. The molecule has 0 heterocycles. The fraction of sp³-hybridized carbons (Fsp3) is 0.818. The molecule has 0 fully saturated rings. The Hall–Kier alpha value is -0.243. The largest absolute Gasteiger partial charge is 0.406 e. The molecule has 78 valence electrons. The normalized spacial score (nSPS) is 13.8. The fourth-order valence-electron chi connectivity index (χ4n) is 0.979. The van der Waals surface area contributed by atoms with Crippen LogP contribution in [0, 0.1) is 0 Å². The summed E-state index contributed by atoms with van der Waals surface area (Å²) in [6, 6.07) is 0. The Bertz CT molecular complexity index is 177. The van der Waals surface area contributed by atoms with Crippen molar-refractivity contribution in [2.75, 3.05) is 7.05 Å². The van der Waals surface area contributed by atoms with Gasteiger partial charge in [0.15, 0.2) is 8.24 Å². The van der Waals surface area contributed by atoms with Gasteiger partial charge >= 0.3 is 0 Å². The molecule has 0 spiro atoms. The molecular formula is C11H25NSi. The maximum atomic E-state index is 2.44. The number of allylic oxidation sites excluding steroid dienone is 1. The maximum Gasteiger partial charge on any atom is 0.154 e. The van der Waals surface area contributed by atoms with Crippen molar-refractivity contribution in [3.05, 3.63) is 12.3 Å². The quantitative estimate of drug-likeness (QED) is 0.624. The van der Waals surface area contributed by atoms with Gasteiger partial charge in [0, 0.05) is 0 Å². The van der Waals surface area contributed by atoms with Gasteiger partial charge in [-0.05, 0) is 24.7 Å². The lowest BCUT2D eigenvalue weighted by atomic mass is 10.2. The number of hydrogen-bond acceptors (Lipinski definition) is 1. The summed E-state index contributed by atoms with van der Waals surface area (Å²) >= 11 is 0. The molecule has 0 aliphatic carbocycles. The average Bonchev–Trinajstić information content (AvgIpc) is 1.97. The topological polar surface area (TPSA) is 3.24 Å². The van der Waals surface area contributed by atoms with Crippen molar-refractivity contribution in [2.45, 2.75) is 52.2 Å². The van der Waals surface area contributed by atoms with Crippen molar-refractivity contribution in [2.24, 2.45) is 0 Å². The van der Waals surface area contributed by atoms with Crippen LogP contribution < -0.4 is 0 Å². The Kier molecular flexibility index (Phi) is 4.23. The van der Waals surface area contributed by atoms with E-state index in [4.69, 9.17) is 0 Å². The van der Waals surface area contributed by atoms with Gasteiger partial charge in [0.05, 0.1) is 0 Å². The van der Waals surface area contributed by atoms with E-state index in [-0.39, 0.29) is 0 Å². The van der Waals surface area contributed by atoms with Crippen LogP contribution in [-0.2, 0) is 0 Å². The maximum absolute atomic E-state index is 2.44. The first-order valence-electron chi connectivity index (χ1n) is 5.13. The van der Waals surface area contributed by atoms with Crippen LogP contribution in [0.5, 0.6) is 0 Å². The predicted molar refractivity (Wildman–Crippen MR) is 64.4 cm³/mol. The van der Waals surface area contributed by atoms with Gasteiger partial charge in [-0.2, -0.15) is 0 Å². The highest BCUT2D eigenvalue weighted by Gasteiger charge is 2.38. The molecule has 0 aromatic heterocycles. The van der Waals surface area contributed by atoms with Gasteiger partial charge in [0.1, 0.15) is 0 Å². The van der Waals surface area contributed by atoms with Crippen LogP contribution in [0.25, 0.3) is 0 Å². The van der Waals surface area contributed by atoms with E-state index in [9.17, 15) is 0 Å². The van der Waals surface area contributed by atoms with E-state index in [2.05, 4.69) is 64.7 Å². The standard InChI is InChI=1S/C11H25NSi/c1-8-9-10-12(5)13(6,7)11(2,3)4/h9-10H,8H2,1-7H3. The third-order valence-electron chi connectivity index (χ3n) is 3.28. The third kappa shape index (κ3) is 3.18. The highest BCUT2D eigenvalue weighted by molar-refractivity contribution is 6.77. The SMILES string of the molecule is CCC=CN(C)[Si](C)(C)C(C)(C)C. The van der Waals surface area contributed by atoms with E-state index < -0.39 is 8.24 Å². The van der Waals surface area contributed by atoms with E-state index in [1.165, 1.54) is 0 Å². The molecule has 0 saturated heterocycles. The zero-order chi connectivity index (χ0) is 10.7. The molecule has 0 N–H and O–H groups in total. The Morgan fingerprint density at radius 3 is 2.00 bits per heavy atom. The van der Waals surface area contributed by atoms with Gasteiger partial charge in [-0.3, -0.25) is 0 Å². The van der Waals surface area contributed by atoms with Crippen LogP contribution in [0.4, 0.5) is 0 Å². The molecule has 0 atom stereocenters. The molecule has 0 radical (unpaired) electrons. The second-order valence-corrected chi connectivity index (χ2v) is 10.5. The third-order valence-corrected chi connectivity index (χ3v) is 8.87. The average molecular weight is 199 g/mol. The lowest BCUT2D eigenvalue weighted by Crippen LogP contribution is -2.50. The summed E-state index contributed by atoms with van der Waals surface area (Å²) in [5, 5.41) is 0.430. The minimum Gasteiger partial charge on any atom is -0.406 e. The fourth-order valence-corrected chi connectivity index (χ4v) is 2.52. The van der Waals surface area contributed by atoms with Crippen LogP contribution >= 0.6 is 0 Å². The van der Waals surface area contributed by atoms with Crippen molar-refractivity contribution in [1.29, 1.82) is 0 Å². The summed E-state index contributed by atoms with van der Waals surface area (Å²) < 4.78 is 2.44. The van der Waals surface area contributed by atoms with E-state index >= 15 is 0 Å². The van der Waals surface area contributed by atoms with Crippen LogP contribution in [-0.4, -0.2) is 19.8 Å². The van der Waals surface area contributed by atoms with E-state index in [1.54, 1.807) is 0 Å². The minimum atomic E-state index is -1.30. The molecule has 0 aromatic carbocycles. The van der Waals surface area contributed by atoms with Gasteiger partial charge in [0.2, 0.25) is 0 Å².